The van der Waals surface area contributed by atoms with E-state index >= 15 is 0 Å². The zero-order valence-electron chi connectivity index (χ0n) is 5.17. The van der Waals surface area contributed by atoms with Crippen LogP contribution in [0, 0.1) is 0 Å². The third-order valence-electron chi connectivity index (χ3n) is 0.903. The highest BCUT2D eigenvalue weighted by Gasteiger charge is 1.94. The van der Waals surface area contributed by atoms with Gasteiger partial charge in [-0.2, -0.15) is 0 Å². The lowest BCUT2D eigenvalue weighted by Crippen LogP contribution is -1.94. The molecule has 0 saturated carbocycles. The van der Waals surface area contributed by atoms with Crippen LogP contribution in [0.15, 0.2) is 0 Å². The number of hydrogen-bond acceptors (Lipinski definition) is 2. The van der Waals surface area contributed by atoms with E-state index in [1.54, 1.807) is 0 Å². The van der Waals surface area contributed by atoms with Gasteiger partial charge in [0.25, 0.3) is 0 Å². The Balaban J connectivity index is 2.83. The molecule has 0 aliphatic rings. The summed E-state index contributed by atoms with van der Waals surface area (Å²) in [6.45, 7) is 0.623. The maximum Gasteiger partial charge on any atom is 0.303 e. The molecule has 0 aliphatic heterocycles. The number of carboxylic acid groups (broad SMARTS) is 1. The number of rotatable bonds is 5. The van der Waals surface area contributed by atoms with E-state index in [-0.39, 0.29) is 6.42 Å². The second-order valence-electron chi connectivity index (χ2n) is 1.72. The molecular weight excluding hydrogens is 139 g/mol. The first-order valence-electron chi connectivity index (χ1n) is 2.81. The molecule has 4 heteroatoms. The molecule has 54 valence electrons. The summed E-state index contributed by atoms with van der Waals surface area (Å²) >= 11 is 0. The van der Waals surface area contributed by atoms with Gasteiger partial charge in [0.1, 0.15) is 0 Å². The highest BCUT2D eigenvalue weighted by molar-refractivity contribution is 7.09. The molecular formula is C5H11O3P. The van der Waals surface area contributed by atoms with Crippen molar-refractivity contribution in [1.29, 1.82) is 0 Å². The molecule has 0 saturated heterocycles. The molecule has 9 heavy (non-hydrogen) atoms. The molecule has 0 amide bonds. The lowest BCUT2D eigenvalue weighted by Gasteiger charge is -1.94. The monoisotopic (exact) mass is 150 g/mol. The molecule has 0 bridgehead atoms. The fourth-order valence-corrected chi connectivity index (χ4v) is 0.628. The van der Waals surface area contributed by atoms with E-state index in [9.17, 15) is 4.79 Å². The summed E-state index contributed by atoms with van der Waals surface area (Å²) in [5.41, 5.74) is 0. The molecule has 0 spiro atoms. The van der Waals surface area contributed by atoms with Gasteiger partial charge in [0.05, 0.1) is 6.61 Å². The molecule has 0 aromatic heterocycles. The quantitative estimate of drug-likeness (QED) is 0.470. The van der Waals surface area contributed by atoms with Gasteiger partial charge in [0, 0.05) is 15.9 Å². The molecule has 0 fully saturated rings. The van der Waals surface area contributed by atoms with Crippen LogP contribution in [0.3, 0.4) is 0 Å². The molecule has 1 N–H and O–H groups in total. The van der Waals surface area contributed by atoms with Gasteiger partial charge in [-0.25, -0.2) is 0 Å². The van der Waals surface area contributed by atoms with E-state index in [2.05, 4.69) is 14.0 Å². The molecule has 0 heterocycles. The lowest BCUT2D eigenvalue weighted by molar-refractivity contribution is -0.137. The molecule has 0 aromatic carbocycles. The molecule has 0 radical (unpaired) electrons. The highest BCUT2D eigenvalue weighted by Crippen LogP contribution is 1.97. The average molecular weight is 150 g/mol. The third-order valence-corrected chi connectivity index (χ3v) is 1.14. The third kappa shape index (κ3) is 7.86. The zero-order valence-corrected chi connectivity index (χ0v) is 6.32. The van der Waals surface area contributed by atoms with E-state index in [0.29, 0.717) is 13.0 Å². The van der Waals surface area contributed by atoms with Crippen molar-refractivity contribution in [2.75, 3.05) is 6.61 Å². The summed E-state index contributed by atoms with van der Waals surface area (Å²) in [6, 6.07) is 0. The molecule has 3 nitrogen and oxygen atoms in total. The minimum Gasteiger partial charge on any atom is -0.481 e. The van der Waals surface area contributed by atoms with Crippen molar-refractivity contribution in [3.8, 4) is 0 Å². The molecule has 0 aliphatic carbocycles. The van der Waals surface area contributed by atoms with Crippen LogP contribution in [0.1, 0.15) is 19.3 Å². The van der Waals surface area contributed by atoms with Gasteiger partial charge in [0.15, 0.2) is 0 Å². The van der Waals surface area contributed by atoms with Gasteiger partial charge in [-0.3, -0.25) is 4.79 Å². The van der Waals surface area contributed by atoms with Crippen LogP contribution in [0.5, 0.6) is 0 Å². The van der Waals surface area contributed by atoms with E-state index in [4.69, 9.17) is 5.11 Å². The first kappa shape index (κ1) is 8.86. The number of hydrogen-bond donors (Lipinski definition) is 1. The van der Waals surface area contributed by atoms with Crippen molar-refractivity contribution in [2.45, 2.75) is 19.3 Å². The van der Waals surface area contributed by atoms with Crippen LogP contribution in [0.2, 0.25) is 0 Å². The Morgan fingerprint density at radius 3 is 2.67 bits per heavy atom. The summed E-state index contributed by atoms with van der Waals surface area (Å²) in [5.74, 6) is -0.737. The van der Waals surface area contributed by atoms with Gasteiger partial charge in [0.2, 0.25) is 0 Å². The largest absolute Gasteiger partial charge is 0.481 e. The number of carboxylic acids is 1. The summed E-state index contributed by atoms with van der Waals surface area (Å²) in [5, 5.41) is 8.17. The normalized spacial score (nSPS) is 9.44. The fraction of sp³-hybridized carbons (Fsp3) is 0.800. The van der Waals surface area contributed by atoms with Crippen LogP contribution in [0.4, 0.5) is 0 Å². The molecule has 0 aromatic rings. The number of carbonyl (C=O) groups is 1. The molecule has 1 atom stereocenters. The predicted octanol–water partition coefficient (Wildman–Crippen LogP) is 1.05. The highest BCUT2D eigenvalue weighted by atomic mass is 31.0. The Hall–Kier alpha value is -0.140. The minimum atomic E-state index is -0.737. The van der Waals surface area contributed by atoms with Gasteiger partial charge in [-0.15, -0.1) is 0 Å². The Morgan fingerprint density at radius 2 is 2.22 bits per heavy atom. The second-order valence-corrected chi connectivity index (χ2v) is 2.05. The average Bonchev–Trinajstić information content (AvgIpc) is 1.80. The van der Waals surface area contributed by atoms with Gasteiger partial charge in [-0.1, -0.05) is 0 Å². The van der Waals surface area contributed by atoms with Crippen molar-refractivity contribution < 1.29 is 14.4 Å². The second kappa shape index (κ2) is 5.99. The number of unbranched alkanes of at least 4 members (excludes halogenated alkanes) is 1. The topological polar surface area (TPSA) is 46.5 Å². The van der Waals surface area contributed by atoms with Crippen LogP contribution in [-0.4, -0.2) is 17.7 Å². The fourth-order valence-electron chi connectivity index (χ4n) is 0.462. The summed E-state index contributed by atoms with van der Waals surface area (Å²) < 4.78 is 4.65. The van der Waals surface area contributed by atoms with E-state index < -0.39 is 5.97 Å². The lowest BCUT2D eigenvalue weighted by atomic mass is 10.2. The van der Waals surface area contributed by atoms with Crippen LogP contribution in [-0.2, 0) is 9.32 Å². The van der Waals surface area contributed by atoms with Crippen molar-refractivity contribution >= 4 is 15.4 Å². The summed E-state index contributed by atoms with van der Waals surface area (Å²) in [7, 11) is 2.13. The zero-order chi connectivity index (χ0) is 7.11. The summed E-state index contributed by atoms with van der Waals surface area (Å²) in [6.07, 6.45) is 1.76. The Bertz CT molecular complexity index is 84.3. The maximum atomic E-state index is 9.92. The van der Waals surface area contributed by atoms with Crippen molar-refractivity contribution in [2.24, 2.45) is 0 Å². The Labute approximate surface area is 56.7 Å². The van der Waals surface area contributed by atoms with Crippen LogP contribution < -0.4 is 0 Å². The van der Waals surface area contributed by atoms with Crippen molar-refractivity contribution in [3.63, 3.8) is 0 Å². The maximum absolute atomic E-state index is 9.92. The van der Waals surface area contributed by atoms with Gasteiger partial charge >= 0.3 is 5.97 Å². The summed E-state index contributed by atoms with van der Waals surface area (Å²) in [4.78, 5) is 9.92. The number of aliphatic carboxylic acids is 1. The molecule has 0 rings (SSSR count). The smallest absolute Gasteiger partial charge is 0.303 e. The van der Waals surface area contributed by atoms with E-state index in [1.165, 1.54) is 0 Å². The standard InChI is InChI=1S/C5H11O3P/c6-5(7)3-1-2-4-8-9/h1-4,9H2,(H,6,7). The van der Waals surface area contributed by atoms with Gasteiger partial charge in [-0.05, 0) is 12.8 Å². The van der Waals surface area contributed by atoms with Crippen molar-refractivity contribution in [3.05, 3.63) is 0 Å². The predicted molar refractivity (Wildman–Crippen MR) is 37.1 cm³/mol. The first-order valence-corrected chi connectivity index (χ1v) is 3.28. The first-order chi connectivity index (χ1) is 4.27. The van der Waals surface area contributed by atoms with E-state index in [0.717, 1.165) is 6.42 Å². The minimum absolute atomic E-state index is 0.244. The van der Waals surface area contributed by atoms with E-state index in [1.807, 2.05) is 0 Å². The van der Waals surface area contributed by atoms with Gasteiger partial charge < -0.3 is 9.63 Å². The van der Waals surface area contributed by atoms with Crippen LogP contribution >= 0.6 is 9.47 Å². The molecule has 1 unspecified atom stereocenters. The Morgan fingerprint density at radius 1 is 1.56 bits per heavy atom. The SMILES string of the molecule is O=C(O)CCCCOP. The van der Waals surface area contributed by atoms with Crippen LogP contribution in [0.25, 0.3) is 0 Å². The Kier molecular flexibility index (Phi) is 5.89. The van der Waals surface area contributed by atoms with Crippen molar-refractivity contribution in [1.82, 2.24) is 0 Å².